The molecule has 0 amide bonds. The zero-order valence-electron chi connectivity index (χ0n) is 22.5. The van der Waals surface area contributed by atoms with Gasteiger partial charge in [0, 0.05) is 27.8 Å². The minimum absolute atomic E-state index is 0.577. The number of benzene rings is 5. The van der Waals surface area contributed by atoms with Gasteiger partial charge in [0.15, 0.2) is 5.82 Å². The van der Waals surface area contributed by atoms with E-state index in [0.29, 0.717) is 11.4 Å². The van der Waals surface area contributed by atoms with Crippen LogP contribution in [0.5, 0.6) is 0 Å². The van der Waals surface area contributed by atoms with E-state index in [2.05, 4.69) is 30.3 Å². The first-order valence-electron chi connectivity index (χ1n) is 13.6. The van der Waals surface area contributed by atoms with Gasteiger partial charge in [-0.3, -0.25) is 0 Å². The van der Waals surface area contributed by atoms with Crippen LogP contribution in [-0.2, 0) is 0 Å². The Kier molecular flexibility index (Phi) is 6.48. The number of para-hydroxylation sites is 2. The van der Waals surface area contributed by atoms with E-state index in [4.69, 9.17) is 19.9 Å². The van der Waals surface area contributed by atoms with E-state index >= 15 is 0 Å². The summed E-state index contributed by atoms with van der Waals surface area (Å²) < 4.78 is 0. The molecule has 7 aromatic rings. The molecule has 42 heavy (non-hydrogen) atoms. The van der Waals surface area contributed by atoms with Gasteiger partial charge in [-0.1, -0.05) is 109 Å². The summed E-state index contributed by atoms with van der Waals surface area (Å²) in [6.07, 6.45) is 0. The number of hydrogen-bond donors (Lipinski definition) is 0. The van der Waals surface area contributed by atoms with Crippen molar-refractivity contribution in [1.82, 2.24) is 19.9 Å². The first-order chi connectivity index (χ1) is 20.7. The number of hydrogen-bond acceptors (Lipinski definition) is 5. The van der Waals surface area contributed by atoms with Gasteiger partial charge in [-0.05, 0) is 30.3 Å². The van der Waals surface area contributed by atoms with Crippen molar-refractivity contribution in [2.45, 2.75) is 0 Å². The minimum atomic E-state index is 0.577. The maximum atomic E-state index is 9.49. The molecule has 0 saturated carbocycles. The maximum absolute atomic E-state index is 9.49. The Bertz CT molecular complexity index is 2020. The van der Waals surface area contributed by atoms with E-state index in [-0.39, 0.29) is 0 Å². The molecule has 7 rings (SSSR count). The van der Waals surface area contributed by atoms with Crippen LogP contribution in [0, 0.1) is 11.3 Å². The number of fused-ring (bicyclic) bond motifs is 1. The van der Waals surface area contributed by atoms with Crippen LogP contribution in [0.25, 0.3) is 67.5 Å². The molecular formula is C37H23N5. The van der Waals surface area contributed by atoms with E-state index < -0.39 is 0 Å². The SMILES string of the molecule is N#Cc1cccc(-c2nc3ccccc3nc2-c2ccc(-c3nc(-c4ccccc4)cc(-c4ccccc4)n3)cc2)c1. The average Bonchev–Trinajstić information content (AvgIpc) is 3.08. The summed E-state index contributed by atoms with van der Waals surface area (Å²) >= 11 is 0. The highest BCUT2D eigenvalue weighted by Gasteiger charge is 2.15. The molecule has 0 aliphatic heterocycles. The van der Waals surface area contributed by atoms with Gasteiger partial charge >= 0.3 is 0 Å². The van der Waals surface area contributed by atoms with Crippen molar-refractivity contribution >= 4 is 11.0 Å². The van der Waals surface area contributed by atoms with Crippen LogP contribution >= 0.6 is 0 Å². The Labute approximate surface area is 243 Å². The highest BCUT2D eigenvalue weighted by molar-refractivity contribution is 5.87. The first-order valence-corrected chi connectivity index (χ1v) is 13.6. The zero-order valence-corrected chi connectivity index (χ0v) is 22.5. The van der Waals surface area contributed by atoms with Crippen LogP contribution in [0.4, 0.5) is 0 Å². The fraction of sp³-hybridized carbons (Fsp3) is 0. The van der Waals surface area contributed by atoms with Crippen LogP contribution in [0.3, 0.4) is 0 Å². The molecule has 0 unspecified atom stereocenters. The molecule has 0 N–H and O–H groups in total. The molecule has 2 heterocycles. The molecule has 5 nitrogen and oxygen atoms in total. The van der Waals surface area contributed by atoms with Crippen LogP contribution in [0.2, 0.25) is 0 Å². The molecule has 0 aliphatic carbocycles. The van der Waals surface area contributed by atoms with E-state index in [1.165, 1.54) is 0 Å². The van der Waals surface area contributed by atoms with Crippen molar-refractivity contribution in [2.24, 2.45) is 0 Å². The standard InChI is InChI=1S/C37H23N5/c38-24-25-10-9-15-30(22-25)36-35(39-31-16-7-8-17-32(31)40-36)28-18-20-29(21-19-28)37-41-33(26-11-3-1-4-12-26)23-34(42-37)27-13-5-2-6-14-27/h1-23H. The van der Waals surface area contributed by atoms with E-state index in [0.717, 1.165) is 61.6 Å². The maximum Gasteiger partial charge on any atom is 0.160 e. The summed E-state index contributed by atoms with van der Waals surface area (Å²) in [6, 6.07) is 48.0. The minimum Gasteiger partial charge on any atom is -0.244 e. The lowest BCUT2D eigenvalue weighted by atomic mass is 10.0. The topological polar surface area (TPSA) is 75.3 Å². The monoisotopic (exact) mass is 537 g/mol. The van der Waals surface area contributed by atoms with Crippen molar-refractivity contribution < 1.29 is 0 Å². The number of aromatic nitrogens is 4. The second-order valence-electron chi connectivity index (χ2n) is 9.87. The summed E-state index contributed by atoms with van der Waals surface area (Å²) in [5, 5.41) is 9.49. The van der Waals surface area contributed by atoms with Crippen LogP contribution < -0.4 is 0 Å². The highest BCUT2D eigenvalue weighted by Crippen LogP contribution is 2.33. The van der Waals surface area contributed by atoms with Gasteiger partial charge < -0.3 is 0 Å². The third-order valence-corrected chi connectivity index (χ3v) is 7.12. The first kappa shape index (κ1) is 25.0. The van der Waals surface area contributed by atoms with Crippen molar-refractivity contribution in [3.05, 3.63) is 145 Å². The predicted molar refractivity (Wildman–Crippen MR) is 167 cm³/mol. The lowest BCUT2D eigenvalue weighted by Gasteiger charge is -2.12. The number of rotatable bonds is 5. The normalized spacial score (nSPS) is 10.8. The fourth-order valence-corrected chi connectivity index (χ4v) is 5.01. The van der Waals surface area contributed by atoms with Gasteiger partial charge in [-0.15, -0.1) is 0 Å². The van der Waals surface area contributed by atoms with Gasteiger partial charge in [0.05, 0.1) is 45.4 Å². The Hall–Kier alpha value is -5.99. The molecule has 0 atom stereocenters. The molecule has 196 valence electrons. The molecule has 0 bridgehead atoms. The lowest BCUT2D eigenvalue weighted by Crippen LogP contribution is -1.97. The summed E-state index contributed by atoms with van der Waals surface area (Å²) in [6.45, 7) is 0. The second kappa shape index (κ2) is 10.9. The predicted octanol–water partition coefficient (Wildman–Crippen LogP) is 8.63. The Morgan fingerprint density at radius 1 is 0.405 bits per heavy atom. The van der Waals surface area contributed by atoms with Crippen molar-refractivity contribution in [3.8, 4) is 62.5 Å². The largest absolute Gasteiger partial charge is 0.244 e. The Morgan fingerprint density at radius 2 is 0.905 bits per heavy atom. The third kappa shape index (κ3) is 4.90. The van der Waals surface area contributed by atoms with E-state index in [9.17, 15) is 5.26 Å². The van der Waals surface area contributed by atoms with Crippen molar-refractivity contribution in [1.29, 1.82) is 5.26 Å². The smallest absolute Gasteiger partial charge is 0.160 e. The molecule has 2 aromatic heterocycles. The number of nitriles is 1. The van der Waals surface area contributed by atoms with Crippen LogP contribution in [-0.4, -0.2) is 19.9 Å². The Balaban J connectivity index is 1.35. The van der Waals surface area contributed by atoms with Crippen LogP contribution in [0.15, 0.2) is 140 Å². The molecule has 5 aromatic carbocycles. The van der Waals surface area contributed by atoms with Crippen molar-refractivity contribution in [2.75, 3.05) is 0 Å². The molecule has 0 fully saturated rings. The highest BCUT2D eigenvalue weighted by atomic mass is 14.9. The summed E-state index contributed by atoms with van der Waals surface area (Å²) in [5.74, 6) is 0.647. The molecule has 0 saturated heterocycles. The van der Waals surface area contributed by atoms with Crippen LogP contribution in [0.1, 0.15) is 5.56 Å². The quantitative estimate of drug-likeness (QED) is 0.220. The van der Waals surface area contributed by atoms with Gasteiger partial charge in [0.25, 0.3) is 0 Å². The second-order valence-corrected chi connectivity index (χ2v) is 9.87. The molecule has 0 spiro atoms. The molecule has 5 heteroatoms. The van der Waals surface area contributed by atoms with E-state index in [1.54, 1.807) is 6.07 Å². The Morgan fingerprint density at radius 3 is 1.48 bits per heavy atom. The summed E-state index contributed by atoms with van der Waals surface area (Å²) in [5.41, 5.74) is 10.1. The summed E-state index contributed by atoms with van der Waals surface area (Å²) in [7, 11) is 0. The van der Waals surface area contributed by atoms with Gasteiger partial charge in [-0.2, -0.15) is 5.26 Å². The molecular weight excluding hydrogens is 514 g/mol. The average molecular weight is 538 g/mol. The number of nitrogens with zero attached hydrogens (tertiary/aromatic N) is 5. The fourth-order valence-electron chi connectivity index (χ4n) is 5.01. The molecule has 0 radical (unpaired) electrons. The van der Waals surface area contributed by atoms with Gasteiger partial charge in [0.2, 0.25) is 0 Å². The van der Waals surface area contributed by atoms with Gasteiger partial charge in [0.1, 0.15) is 0 Å². The summed E-state index contributed by atoms with van der Waals surface area (Å²) in [4.78, 5) is 19.9. The van der Waals surface area contributed by atoms with Crippen molar-refractivity contribution in [3.63, 3.8) is 0 Å². The van der Waals surface area contributed by atoms with Gasteiger partial charge in [-0.25, -0.2) is 19.9 Å². The lowest BCUT2D eigenvalue weighted by molar-refractivity contribution is 1.18. The van der Waals surface area contributed by atoms with E-state index in [1.807, 2.05) is 109 Å². The zero-order chi connectivity index (χ0) is 28.3. The third-order valence-electron chi connectivity index (χ3n) is 7.12. The molecule has 0 aliphatic rings.